The highest BCUT2D eigenvalue weighted by atomic mass is 79.9. The fourth-order valence-corrected chi connectivity index (χ4v) is 3.38. The molecule has 106 valence electrons. The van der Waals surface area contributed by atoms with Crippen LogP contribution < -0.4 is 16.0 Å². The summed E-state index contributed by atoms with van der Waals surface area (Å²) in [5.74, 6) is 5.38. The number of hydrogen-bond donors (Lipinski definition) is 3. The van der Waals surface area contributed by atoms with Crippen molar-refractivity contribution in [3.63, 3.8) is 0 Å². The number of halogens is 1. The Bertz CT molecular complexity index is 734. The summed E-state index contributed by atoms with van der Waals surface area (Å²) in [4.78, 5) is 3.89. The van der Waals surface area contributed by atoms with Crippen molar-refractivity contribution in [1.29, 1.82) is 0 Å². The topological polar surface area (TPSA) is 97.1 Å². The molecule has 2 aromatic rings. The molecule has 6 nitrogen and oxygen atoms in total. The van der Waals surface area contributed by atoms with Gasteiger partial charge in [0.15, 0.2) is 5.82 Å². The molecule has 2 rings (SSSR count). The van der Waals surface area contributed by atoms with Gasteiger partial charge in [-0.2, -0.15) is 0 Å². The number of nitrogens with zero attached hydrogens (tertiary/aromatic N) is 1. The number of sulfonamides is 1. The lowest BCUT2D eigenvalue weighted by atomic mass is 10.2. The van der Waals surface area contributed by atoms with Crippen LogP contribution in [0.4, 0.5) is 11.5 Å². The number of para-hydroxylation sites is 1. The molecule has 1 heterocycles. The van der Waals surface area contributed by atoms with Gasteiger partial charge < -0.3 is 5.43 Å². The molecule has 0 aliphatic heterocycles. The van der Waals surface area contributed by atoms with E-state index < -0.39 is 10.0 Å². The van der Waals surface area contributed by atoms with Crippen molar-refractivity contribution in [3.8, 4) is 0 Å². The summed E-state index contributed by atoms with van der Waals surface area (Å²) in [6, 6.07) is 8.53. The number of anilines is 2. The zero-order chi connectivity index (χ0) is 14.8. The van der Waals surface area contributed by atoms with E-state index in [9.17, 15) is 8.42 Å². The lowest BCUT2D eigenvalue weighted by Gasteiger charge is -2.13. The van der Waals surface area contributed by atoms with Crippen LogP contribution in [-0.4, -0.2) is 13.4 Å². The van der Waals surface area contributed by atoms with E-state index >= 15 is 0 Å². The Hall–Kier alpha value is -1.64. The van der Waals surface area contributed by atoms with Crippen LogP contribution in [0, 0.1) is 6.92 Å². The number of benzene rings is 1. The molecule has 0 unspecified atom stereocenters. The molecule has 0 aliphatic carbocycles. The number of nitrogens with two attached hydrogens (primary N) is 1. The molecule has 0 saturated carbocycles. The quantitative estimate of drug-likeness (QED) is 0.576. The normalized spacial score (nSPS) is 11.2. The molecule has 0 atom stereocenters. The summed E-state index contributed by atoms with van der Waals surface area (Å²) >= 11 is 3.19. The minimum absolute atomic E-state index is 0.0300. The Balaban J connectivity index is 2.46. The number of pyridine rings is 1. The largest absolute Gasteiger partial charge is 0.307 e. The van der Waals surface area contributed by atoms with Gasteiger partial charge in [-0.15, -0.1) is 0 Å². The Labute approximate surface area is 125 Å². The van der Waals surface area contributed by atoms with Crippen LogP contribution in [0.5, 0.6) is 0 Å². The number of nitrogen functional groups attached to an aromatic ring is 1. The van der Waals surface area contributed by atoms with Crippen LogP contribution in [0.25, 0.3) is 0 Å². The average Bonchev–Trinajstić information content (AvgIpc) is 2.41. The number of aryl methyl sites for hydroxylation is 1. The number of nitrogens with one attached hydrogen (secondary N) is 2. The maximum atomic E-state index is 12.4. The molecular weight excluding hydrogens is 344 g/mol. The first kappa shape index (κ1) is 14.8. The van der Waals surface area contributed by atoms with Crippen molar-refractivity contribution >= 4 is 37.5 Å². The van der Waals surface area contributed by atoms with Gasteiger partial charge in [0.2, 0.25) is 0 Å². The predicted octanol–water partition coefficient (Wildman–Crippen LogP) is 2.24. The smallest absolute Gasteiger partial charge is 0.265 e. The van der Waals surface area contributed by atoms with E-state index in [1.54, 1.807) is 12.1 Å². The van der Waals surface area contributed by atoms with Crippen molar-refractivity contribution in [2.24, 2.45) is 5.84 Å². The van der Waals surface area contributed by atoms with Crippen molar-refractivity contribution in [2.45, 2.75) is 11.8 Å². The van der Waals surface area contributed by atoms with E-state index in [1.807, 2.05) is 19.1 Å². The molecule has 8 heteroatoms. The van der Waals surface area contributed by atoms with Crippen molar-refractivity contribution in [3.05, 3.63) is 46.6 Å². The number of aromatic nitrogens is 1. The molecule has 0 fully saturated rings. The lowest BCUT2D eigenvalue weighted by Crippen LogP contribution is -2.19. The maximum Gasteiger partial charge on any atom is 0.265 e. The van der Waals surface area contributed by atoms with E-state index in [-0.39, 0.29) is 10.7 Å². The lowest BCUT2D eigenvalue weighted by molar-refractivity contribution is 0.601. The summed E-state index contributed by atoms with van der Waals surface area (Å²) in [5, 5.41) is 0. The summed E-state index contributed by atoms with van der Waals surface area (Å²) in [6.07, 6.45) is 1.46. The Kier molecular flexibility index (Phi) is 4.26. The first-order chi connectivity index (χ1) is 9.44. The highest BCUT2D eigenvalue weighted by molar-refractivity contribution is 9.10. The maximum absolute atomic E-state index is 12.4. The second-order valence-corrected chi connectivity index (χ2v) is 6.63. The van der Waals surface area contributed by atoms with Gasteiger partial charge in [-0.1, -0.05) is 18.2 Å². The summed E-state index contributed by atoms with van der Waals surface area (Å²) in [6.45, 7) is 1.82. The summed E-state index contributed by atoms with van der Waals surface area (Å²) < 4.78 is 27.9. The first-order valence-electron chi connectivity index (χ1n) is 5.64. The van der Waals surface area contributed by atoms with Crippen LogP contribution in [0.3, 0.4) is 0 Å². The van der Waals surface area contributed by atoms with Gasteiger partial charge in [0, 0.05) is 10.7 Å². The number of hydrogen-bond acceptors (Lipinski definition) is 5. The van der Waals surface area contributed by atoms with Crippen LogP contribution >= 0.6 is 15.9 Å². The minimum Gasteiger partial charge on any atom is -0.307 e. The zero-order valence-corrected chi connectivity index (χ0v) is 13.0. The fourth-order valence-electron chi connectivity index (χ4n) is 1.62. The second-order valence-electron chi connectivity index (χ2n) is 4.07. The Morgan fingerprint density at radius 2 is 2.00 bits per heavy atom. The highest BCUT2D eigenvalue weighted by Gasteiger charge is 2.20. The number of hydrazine groups is 1. The van der Waals surface area contributed by atoms with Crippen molar-refractivity contribution < 1.29 is 8.42 Å². The van der Waals surface area contributed by atoms with Gasteiger partial charge in [-0.05, 0) is 40.5 Å². The molecule has 0 spiro atoms. The van der Waals surface area contributed by atoms with Crippen LogP contribution in [0.2, 0.25) is 0 Å². The van der Waals surface area contributed by atoms with Gasteiger partial charge in [0.1, 0.15) is 4.90 Å². The van der Waals surface area contributed by atoms with Gasteiger partial charge >= 0.3 is 0 Å². The van der Waals surface area contributed by atoms with Crippen LogP contribution in [-0.2, 0) is 10.0 Å². The predicted molar refractivity (Wildman–Crippen MR) is 81.7 cm³/mol. The van der Waals surface area contributed by atoms with E-state index in [4.69, 9.17) is 5.84 Å². The Morgan fingerprint density at radius 1 is 1.30 bits per heavy atom. The molecule has 0 aliphatic rings. The standard InChI is InChI=1S/C12H13BrN4O2S/c1-8-4-2-3-5-10(8)17-20(18,19)11-6-9(13)7-15-12(11)16-14/h2-7,17H,14H2,1H3,(H,15,16). The first-order valence-corrected chi connectivity index (χ1v) is 7.92. The third-order valence-corrected chi connectivity index (χ3v) is 4.45. The van der Waals surface area contributed by atoms with Crippen LogP contribution in [0.15, 0.2) is 45.9 Å². The molecule has 0 amide bonds. The van der Waals surface area contributed by atoms with Crippen molar-refractivity contribution in [2.75, 3.05) is 10.1 Å². The SMILES string of the molecule is Cc1ccccc1NS(=O)(=O)c1cc(Br)cnc1NN. The minimum atomic E-state index is -3.79. The van der Waals surface area contributed by atoms with Crippen molar-refractivity contribution in [1.82, 2.24) is 4.98 Å². The van der Waals surface area contributed by atoms with Gasteiger partial charge in [0.05, 0.1) is 5.69 Å². The average molecular weight is 357 g/mol. The van der Waals surface area contributed by atoms with E-state index in [2.05, 4.69) is 31.1 Å². The molecule has 1 aromatic carbocycles. The summed E-state index contributed by atoms with van der Waals surface area (Å²) in [7, 11) is -3.79. The van der Waals surface area contributed by atoms with Gasteiger partial charge in [-0.3, -0.25) is 4.72 Å². The van der Waals surface area contributed by atoms with E-state index in [0.29, 0.717) is 10.2 Å². The molecule has 0 radical (unpaired) electrons. The number of rotatable bonds is 4. The molecule has 1 aromatic heterocycles. The third-order valence-electron chi connectivity index (χ3n) is 2.63. The summed E-state index contributed by atoms with van der Waals surface area (Å²) in [5.41, 5.74) is 3.61. The van der Waals surface area contributed by atoms with Gasteiger partial charge in [0.25, 0.3) is 10.0 Å². The fraction of sp³-hybridized carbons (Fsp3) is 0.0833. The van der Waals surface area contributed by atoms with E-state index in [1.165, 1.54) is 12.3 Å². The molecule has 4 N–H and O–H groups in total. The molecule has 0 bridgehead atoms. The second kappa shape index (κ2) is 5.78. The van der Waals surface area contributed by atoms with Gasteiger partial charge in [-0.25, -0.2) is 19.2 Å². The highest BCUT2D eigenvalue weighted by Crippen LogP contribution is 2.25. The Morgan fingerprint density at radius 3 is 2.65 bits per heavy atom. The molecular formula is C12H13BrN4O2S. The monoisotopic (exact) mass is 356 g/mol. The molecule has 20 heavy (non-hydrogen) atoms. The molecule has 0 saturated heterocycles. The van der Waals surface area contributed by atoms with E-state index in [0.717, 1.165) is 5.56 Å². The van der Waals surface area contributed by atoms with Crippen LogP contribution in [0.1, 0.15) is 5.56 Å². The zero-order valence-electron chi connectivity index (χ0n) is 10.6. The third kappa shape index (κ3) is 3.09.